The third-order valence-electron chi connectivity index (χ3n) is 4.56. The lowest BCUT2D eigenvalue weighted by atomic mass is 10.1. The highest BCUT2D eigenvalue weighted by atomic mass is 15.3. The average molecular weight is 324 g/mol. The normalized spacial score (nSPS) is 18.7. The maximum Gasteiger partial charge on any atom is 0.198 e. The molecule has 0 amide bonds. The third-order valence-corrected chi connectivity index (χ3v) is 4.56. The van der Waals surface area contributed by atoms with E-state index in [1.54, 1.807) is 0 Å². The van der Waals surface area contributed by atoms with E-state index < -0.39 is 0 Å². The van der Waals surface area contributed by atoms with Gasteiger partial charge in [0.05, 0.1) is 0 Å². The molecule has 1 aliphatic heterocycles. The Hall–Kier alpha value is -2.37. The van der Waals surface area contributed by atoms with Crippen molar-refractivity contribution in [3.05, 3.63) is 42.0 Å². The number of rotatable bonds is 4. The number of para-hydroxylation sites is 1. The zero-order valence-electron chi connectivity index (χ0n) is 13.9. The molecule has 1 aromatic heterocycles. The van der Waals surface area contributed by atoms with Crippen molar-refractivity contribution in [2.45, 2.75) is 44.6 Å². The number of likely N-dealkylation sites (tertiary alicyclic amines) is 1. The number of nitrogens with zero attached hydrogens (tertiary/aromatic N) is 4. The van der Waals surface area contributed by atoms with Crippen LogP contribution in [-0.4, -0.2) is 39.1 Å². The Bertz CT molecular complexity index is 683. The molecule has 2 fully saturated rings. The van der Waals surface area contributed by atoms with Crippen molar-refractivity contribution >= 4 is 11.6 Å². The van der Waals surface area contributed by atoms with Crippen LogP contribution < -0.4 is 5.32 Å². The van der Waals surface area contributed by atoms with Crippen molar-refractivity contribution < 1.29 is 0 Å². The summed E-state index contributed by atoms with van der Waals surface area (Å²) in [4.78, 5) is 11.7. The SMILES string of the molecule is c1ccc(NC(=NCc2nc(C3CC3)n[nH]2)N2CCCCC2)cc1. The van der Waals surface area contributed by atoms with E-state index in [1.807, 2.05) is 18.2 Å². The van der Waals surface area contributed by atoms with Gasteiger partial charge >= 0.3 is 0 Å². The first kappa shape index (κ1) is 15.2. The van der Waals surface area contributed by atoms with Crippen LogP contribution in [0.2, 0.25) is 0 Å². The Morgan fingerprint density at radius 1 is 1.17 bits per heavy atom. The molecule has 0 radical (unpaired) electrons. The Balaban J connectivity index is 1.48. The van der Waals surface area contributed by atoms with E-state index in [4.69, 9.17) is 4.99 Å². The van der Waals surface area contributed by atoms with Gasteiger partial charge in [0.15, 0.2) is 11.8 Å². The van der Waals surface area contributed by atoms with Crippen molar-refractivity contribution in [3.8, 4) is 0 Å². The summed E-state index contributed by atoms with van der Waals surface area (Å²) in [7, 11) is 0. The smallest absolute Gasteiger partial charge is 0.198 e. The molecule has 2 aliphatic rings. The van der Waals surface area contributed by atoms with Crippen LogP contribution in [-0.2, 0) is 6.54 Å². The average Bonchev–Trinajstić information content (AvgIpc) is 3.39. The Morgan fingerprint density at radius 2 is 1.96 bits per heavy atom. The summed E-state index contributed by atoms with van der Waals surface area (Å²) in [6.45, 7) is 2.65. The van der Waals surface area contributed by atoms with Gasteiger partial charge in [-0.25, -0.2) is 9.98 Å². The van der Waals surface area contributed by atoms with Crippen LogP contribution in [0.25, 0.3) is 0 Å². The summed E-state index contributed by atoms with van der Waals surface area (Å²) in [5, 5.41) is 10.8. The first-order valence-electron chi connectivity index (χ1n) is 8.91. The number of aromatic nitrogens is 3. The second-order valence-corrected chi connectivity index (χ2v) is 6.59. The van der Waals surface area contributed by atoms with Gasteiger partial charge in [0.1, 0.15) is 12.4 Å². The van der Waals surface area contributed by atoms with Crippen molar-refractivity contribution in [1.82, 2.24) is 20.1 Å². The molecular formula is C18H24N6. The maximum atomic E-state index is 4.80. The fraction of sp³-hybridized carbons (Fsp3) is 0.500. The number of guanidine groups is 1. The van der Waals surface area contributed by atoms with Crippen LogP contribution in [0.15, 0.2) is 35.3 Å². The number of H-pyrrole nitrogens is 1. The third kappa shape index (κ3) is 3.75. The summed E-state index contributed by atoms with van der Waals surface area (Å²) in [5.41, 5.74) is 1.07. The standard InChI is InChI=1S/C18H24N6/c1-3-7-15(8-4-1)20-18(24-11-5-2-6-12-24)19-13-16-21-17(23-22-16)14-9-10-14/h1,3-4,7-8,14H,2,5-6,9-13H2,(H,19,20)(H,21,22,23). The minimum absolute atomic E-state index is 0.533. The number of nitrogens with one attached hydrogen (secondary N) is 2. The van der Waals surface area contributed by atoms with Gasteiger partial charge < -0.3 is 10.2 Å². The monoisotopic (exact) mass is 324 g/mol. The molecule has 4 rings (SSSR count). The molecule has 1 aliphatic carbocycles. The van der Waals surface area contributed by atoms with Gasteiger partial charge in [0.2, 0.25) is 0 Å². The van der Waals surface area contributed by atoms with Gasteiger partial charge in [-0.1, -0.05) is 18.2 Å². The minimum Gasteiger partial charge on any atom is -0.343 e. The van der Waals surface area contributed by atoms with Gasteiger partial charge in [-0.05, 0) is 44.2 Å². The summed E-state index contributed by atoms with van der Waals surface area (Å²) in [6.07, 6.45) is 6.19. The van der Waals surface area contributed by atoms with Gasteiger partial charge in [-0.3, -0.25) is 5.10 Å². The second kappa shape index (κ2) is 7.03. The van der Waals surface area contributed by atoms with Crippen LogP contribution in [0.4, 0.5) is 5.69 Å². The van der Waals surface area contributed by atoms with Crippen molar-refractivity contribution in [1.29, 1.82) is 0 Å². The van der Waals surface area contributed by atoms with E-state index in [0.717, 1.165) is 36.4 Å². The molecule has 2 N–H and O–H groups in total. The largest absolute Gasteiger partial charge is 0.343 e. The van der Waals surface area contributed by atoms with Gasteiger partial charge in [0, 0.05) is 24.7 Å². The molecule has 2 aromatic rings. The number of hydrogen-bond acceptors (Lipinski definition) is 3. The van der Waals surface area contributed by atoms with E-state index in [2.05, 4.69) is 37.5 Å². The molecule has 6 heteroatoms. The van der Waals surface area contributed by atoms with Crippen molar-refractivity contribution in [3.63, 3.8) is 0 Å². The van der Waals surface area contributed by atoms with E-state index in [9.17, 15) is 0 Å². The number of piperidine rings is 1. The molecule has 0 atom stereocenters. The van der Waals surface area contributed by atoms with E-state index in [-0.39, 0.29) is 0 Å². The highest BCUT2D eigenvalue weighted by molar-refractivity contribution is 5.93. The maximum absolute atomic E-state index is 4.80. The molecule has 0 bridgehead atoms. The van der Waals surface area contributed by atoms with Crippen LogP contribution in [0.5, 0.6) is 0 Å². The molecule has 0 unspecified atom stereocenters. The molecule has 126 valence electrons. The lowest BCUT2D eigenvalue weighted by Gasteiger charge is -2.30. The first-order valence-corrected chi connectivity index (χ1v) is 8.91. The van der Waals surface area contributed by atoms with Crippen LogP contribution in [0.3, 0.4) is 0 Å². The predicted molar refractivity (Wildman–Crippen MR) is 95.0 cm³/mol. The van der Waals surface area contributed by atoms with Gasteiger partial charge in [-0.15, -0.1) is 0 Å². The molecule has 1 saturated heterocycles. The summed E-state index contributed by atoms with van der Waals surface area (Å²) in [6, 6.07) is 10.2. The quantitative estimate of drug-likeness (QED) is 0.669. The number of benzene rings is 1. The molecule has 1 saturated carbocycles. The topological polar surface area (TPSA) is 69.2 Å². The van der Waals surface area contributed by atoms with E-state index in [1.165, 1.54) is 32.1 Å². The predicted octanol–water partition coefficient (Wildman–Crippen LogP) is 3.14. The molecule has 6 nitrogen and oxygen atoms in total. The van der Waals surface area contributed by atoms with Crippen molar-refractivity contribution in [2.75, 3.05) is 18.4 Å². The molecule has 0 spiro atoms. The lowest BCUT2D eigenvalue weighted by Crippen LogP contribution is -2.40. The highest BCUT2D eigenvalue weighted by Crippen LogP contribution is 2.37. The van der Waals surface area contributed by atoms with Crippen LogP contribution in [0, 0.1) is 0 Å². The van der Waals surface area contributed by atoms with E-state index in [0.29, 0.717) is 12.5 Å². The number of hydrogen-bond donors (Lipinski definition) is 2. The summed E-state index contributed by atoms with van der Waals surface area (Å²) in [5.74, 6) is 3.31. The van der Waals surface area contributed by atoms with E-state index >= 15 is 0 Å². The highest BCUT2D eigenvalue weighted by Gasteiger charge is 2.27. The first-order chi connectivity index (χ1) is 11.9. The van der Waals surface area contributed by atoms with Crippen LogP contribution in [0.1, 0.15) is 49.7 Å². The minimum atomic E-state index is 0.533. The second-order valence-electron chi connectivity index (χ2n) is 6.59. The Morgan fingerprint density at radius 3 is 2.71 bits per heavy atom. The van der Waals surface area contributed by atoms with Crippen LogP contribution >= 0.6 is 0 Å². The zero-order chi connectivity index (χ0) is 16.2. The lowest BCUT2D eigenvalue weighted by molar-refractivity contribution is 0.340. The summed E-state index contributed by atoms with van der Waals surface area (Å²) >= 11 is 0. The van der Waals surface area contributed by atoms with Gasteiger partial charge in [0.25, 0.3) is 0 Å². The number of anilines is 1. The Kier molecular flexibility index (Phi) is 4.44. The van der Waals surface area contributed by atoms with Gasteiger partial charge in [-0.2, -0.15) is 5.10 Å². The Labute approximate surface area is 142 Å². The molecule has 1 aromatic carbocycles. The zero-order valence-corrected chi connectivity index (χ0v) is 13.9. The summed E-state index contributed by atoms with van der Waals surface area (Å²) < 4.78 is 0. The number of aromatic amines is 1. The van der Waals surface area contributed by atoms with Crippen molar-refractivity contribution in [2.24, 2.45) is 4.99 Å². The molecular weight excluding hydrogens is 300 g/mol. The number of aliphatic imine (C=N–C) groups is 1. The fourth-order valence-corrected chi connectivity index (χ4v) is 3.03. The molecule has 24 heavy (non-hydrogen) atoms. The fourth-order valence-electron chi connectivity index (χ4n) is 3.03. The molecule has 2 heterocycles.